The predicted molar refractivity (Wildman–Crippen MR) is 74.4 cm³/mol. The largest absolute Gasteiger partial charge is 0.374 e. The first-order valence-electron chi connectivity index (χ1n) is 6.24. The third-order valence-electron chi connectivity index (χ3n) is 3.43. The van der Waals surface area contributed by atoms with Crippen LogP contribution in [0.5, 0.6) is 0 Å². The molecule has 0 spiro atoms. The Hall–Kier alpha value is -0.770. The van der Waals surface area contributed by atoms with Crippen LogP contribution in [-0.4, -0.2) is 60.5 Å². The van der Waals surface area contributed by atoms with Gasteiger partial charge in [0.15, 0.2) is 0 Å². The van der Waals surface area contributed by atoms with Crippen molar-refractivity contribution in [3.63, 3.8) is 0 Å². The third-order valence-corrected chi connectivity index (χ3v) is 6.35. The molecule has 0 amide bonds. The molecule has 1 atom stereocenters. The van der Waals surface area contributed by atoms with Crippen molar-refractivity contribution in [2.45, 2.75) is 30.1 Å². The SMILES string of the molecule is CCN1CCCC1CN(C)S(=O)(=O)c1nnc(N)s1. The third kappa shape index (κ3) is 3.04. The summed E-state index contributed by atoms with van der Waals surface area (Å²) in [5.41, 5.74) is 5.44. The van der Waals surface area contributed by atoms with Crippen LogP contribution < -0.4 is 5.73 Å². The number of likely N-dealkylation sites (tertiary alicyclic amines) is 1. The molecule has 1 saturated heterocycles. The van der Waals surface area contributed by atoms with E-state index < -0.39 is 10.0 Å². The van der Waals surface area contributed by atoms with Gasteiger partial charge in [0.2, 0.25) is 9.47 Å². The van der Waals surface area contributed by atoms with E-state index >= 15 is 0 Å². The molecule has 1 unspecified atom stereocenters. The minimum Gasteiger partial charge on any atom is -0.374 e. The zero-order valence-corrected chi connectivity index (χ0v) is 12.7. The average molecular weight is 305 g/mol. The van der Waals surface area contributed by atoms with E-state index in [0.29, 0.717) is 6.54 Å². The van der Waals surface area contributed by atoms with E-state index in [2.05, 4.69) is 22.0 Å². The Kier molecular flexibility index (Phi) is 4.39. The summed E-state index contributed by atoms with van der Waals surface area (Å²) in [6, 6.07) is 0.287. The number of rotatable bonds is 5. The maximum Gasteiger partial charge on any atom is 0.272 e. The van der Waals surface area contributed by atoms with Crippen LogP contribution in [0, 0.1) is 0 Å². The molecule has 7 nitrogen and oxygen atoms in total. The Labute approximate surface area is 117 Å². The summed E-state index contributed by atoms with van der Waals surface area (Å²) in [5, 5.41) is 7.35. The van der Waals surface area contributed by atoms with Crippen molar-refractivity contribution in [2.24, 2.45) is 0 Å². The van der Waals surface area contributed by atoms with Crippen LogP contribution in [0.4, 0.5) is 5.13 Å². The minimum absolute atomic E-state index is 0.0338. The summed E-state index contributed by atoms with van der Waals surface area (Å²) >= 11 is 0.900. The van der Waals surface area contributed by atoms with Crippen LogP contribution in [0.2, 0.25) is 0 Å². The number of sulfonamides is 1. The molecular weight excluding hydrogens is 286 g/mol. The molecule has 9 heteroatoms. The van der Waals surface area contributed by atoms with Gasteiger partial charge >= 0.3 is 0 Å². The Morgan fingerprint density at radius 1 is 1.53 bits per heavy atom. The van der Waals surface area contributed by atoms with E-state index in [4.69, 9.17) is 5.73 Å². The lowest BCUT2D eigenvalue weighted by atomic mass is 10.2. The molecule has 1 aromatic rings. The van der Waals surface area contributed by atoms with Gasteiger partial charge in [0.25, 0.3) is 10.0 Å². The van der Waals surface area contributed by atoms with E-state index in [9.17, 15) is 8.42 Å². The number of likely N-dealkylation sites (N-methyl/N-ethyl adjacent to an activating group) is 2. The van der Waals surface area contributed by atoms with Crippen LogP contribution in [0.1, 0.15) is 19.8 Å². The number of nitrogen functional groups attached to an aromatic ring is 1. The predicted octanol–water partition coefficient (Wildman–Crippen LogP) is 0.225. The number of anilines is 1. The summed E-state index contributed by atoms with van der Waals surface area (Å²) in [4.78, 5) is 2.31. The highest BCUT2D eigenvalue weighted by Gasteiger charge is 2.31. The van der Waals surface area contributed by atoms with Gasteiger partial charge < -0.3 is 5.73 Å². The molecule has 1 aromatic heterocycles. The maximum absolute atomic E-state index is 12.3. The number of hydrogen-bond acceptors (Lipinski definition) is 7. The second-order valence-electron chi connectivity index (χ2n) is 4.62. The molecule has 0 aliphatic carbocycles. The molecule has 1 aliphatic heterocycles. The molecule has 108 valence electrons. The van der Waals surface area contributed by atoms with E-state index in [0.717, 1.165) is 37.3 Å². The number of nitrogens with zero attached hydrogens (tertiary/aromatic N) is 4. The van der Waals surface area contributed by atoms with Gasteiger partial charge in [-0.25, -0.2) is 8.42 Å². The van der Waals surface area contributed by atoms with Crippen molar-refractivity contribution >= 4 is 26.5 Å². The molecule has 2 N–H and O–H groups in total. The maximum atomic E-state index is 12.3. The van der Waals surface area contributed by atoms with E-state index in [-0.39, 0.29) is 15.5 Å². The first-order valence-corrected chi connectivity index (χ1v) is 8.50. The zero-order chi connectivity index (χ0) is 14.0. The molecular formula is C10H19N5O2S2. The highest BCUT2D eigenvalue weighted by Crippen LogP contribution is 2.23. The lowest BCUT2D eigenvalue weighted by Crippen LogP contribution is -2.41. The van der Waals surface area contributed by atoms with Crippen LogP contribution in [0.3, 0.4) is 0 Å². The second kappa shape index (κ2) is 5.70. The van der Waals surface area contributed by atoms with Crippen molar-refractivity contribution in [3.8, 4) is 0 Å². The monoisotopic (exact) mass is 305 g/mol. The molecule has 19 heavy (non-hydrogen) atoms. The fourth-order valence-corrected chi connectivity index (χ4v) is 4.55. The smallest absolute Gasteiger partial charge is 0.272 e. The lowest BCUT2D eigenvalue weighted by Gasteiger charge is -2.26. The van der Waals surface area contributed by atoms with Gasteiger partial charge in [-0.1, -0.05) is 18.3 Å². The van der Waals surface area contributed by atoms with Crippen LogP contribution >= 0.6 is 11.3 Å². The molecule has 1 fully saturated rings. The van der Waals surface area contributed by atoms with E-state index in [1.165, 1.54) is 4.31 Å². The molecule has 0 bridgehead atoms. The van der Waals surface area contributed by atoms with Crippen molar-refractivity contribution < 1.29 is 8.42 Å². The Morgan fingerprint density at radius 3 is 2.84 bits per heavy atom. The summed E-state index contributed by atoms with van der Waals surface area (Å²) in [6.45, 7) is 4.57. The molecule has 1 aliphatic rings. The summed E-state index contributed by atoms with van der Waals surface area (Å²) < 4.78 is 25.9. The van der Waals surface area contributed by atoms with Gasteiger partial charge in [0.1, 0.15) is 0 Å². The highest BCUT2D eigenvalue weighted by atomic mass is 32.2. The van der Waals surface area contributed by atoms with Crippen LogP contribution in [0.25, 0.3) is 0 Å². The zero-order valence-electron chi connectivity index (χ0n) is 11.1. The topological polar surface area (TPSA) is 92.4 Å². The number of nitrogens with two attached hydrogens (primary N) is 1. The number of aromatic nitrogens is 2. The van der Waals surface area contributed by atoms with Gasteiger partial charge in [0.05, 0.1) is 0 Å². The first-order chi connectivity index (χ1) is 8.95. The lowest BCUT2D eigenvalue weighted by molar-refractivity contribution is 0.237. The number of hydrogen-bond donors (Lipinski definition) is 1. The van der Waals surface area contributed by atoms with Crippen molar-refractivity contribution in [3.05, 3.63) is 0 Å². The van der Waals surface area contributed by atoms with Crippen molar-refractivity contribution in [1.82, 2.24) is 19.4 Å². The van der Waals surface area contributed by atoms with Crippen LogP contribution in [-0.2, 0) is 10.0 Å². The normalized spacial score (nSPS) is 21.3. The van der Waals surface area contributed by atoms with Crippen LogP contribution in [0.15, 0.2) is 4.34 Å². The molecule has 2 rings (SSSR count). The van der Waals surface area contributed by atoms with Crippen molar-refractivity contribution in [2.75, 3.05) is 32.4 Å². The van der Waals surface area contributed by atoms with Gasteiger partial charge in [-0.05, 0) is 25.9 Å². The average Bonchev–Trinajstić information content (AvgIpc) is 2.97. The summed E-state index contributed by atoms with van der Waals surface area (Å²) in [6.07, 6.45) is 2.16. The minimum atomic E-state index is -3.57. The summed E-state index contributed by atoms with van der Waals surface area (Å²) in [5.74, 6) is 0. The summed E-state index contributed by atoms with van der Waals surface area (Å²) in [7, 11) is -1.98. The molecule has 0 radical (unpaired) electrons. The van der Waals surface area contributed by atoms with Gasteiger partial charge in [-0.2, -0.15) is 4.31 Å². The Morgan fingerprint density at radius 2 is 2.26 bits per heavy atom. The fourth-order valence-electron chi connectivity index (χ4n) is 2.37. The first kappa shape index (κ1) is 14.6. The second-order valence-corrected chi connectivity index (χ2v) is 7.84. The quantitative estimate of drug-likeness (QED) is 0.837. The highest BCUT2D eigenvalue weighted by molar-refractivity contribution is 7.91. The van der Waals surface area contributed by atoms with Gasteiger partial charge in [0, 0.05) is 19.6 Å². The standard InChI is InChI=1S/C10H19N5O2S2/c1-3-15-6-4-5-8(15)7-14(2)19(16,17)10-13-12-9(11)18-10/h8H,3-7H2,1-2H3,(H2,11,12). The van der Waals surface area contributed by atoms with Gasteiger partial charge in [-0.15, -0.1) is 10.2 Å². The van der Waals surface area contributed by atoms with E-state index in [1.54, 1.807) is 7.05 Å². The van der Waals surface area contributed by atoms with Crippen molar-refractivity contribution in [1.29, 1.82) is 0 Å². The van der Waals surface area contributed by atoms with Gasteiger partial charge in [-0.3, -0.25) is 4.90 Å². The molecule has 0 saturated carbocycles. The fraction of sp³-hybridized carbons (Fsp3) is 0.800. The molecule has 2 heterocycles. The molecule has 0 aromatic carbocycles. The van der Waals surface area contributed by atoms with E-state index in [1.807, 2.05) is 0 Å². The Balaban J connectivity index is 2.09. The Bertz CT molecular complexity index is 530.